The Morgan fingerprint density at radius 2 is 2.00 bits per heavy atom. The predicted octanol–water partition coefficient (Wildman–Crippen LogP) is 0.00440. The van der Waals surface area contributed by atoms with Gasteiger partial charge < -0.3 is 15.1 Å². The molecular weight excluding hydrogens is 178 g/mol. The van der Waals surface area contributed by atoms with Crippen LogP contribution in [0.3, 0.4) is 0 Å². The molecular formula is C10H23N3O. The monoisotopic (exact) mass is 201 g/mol. The molecule has 1 unspecified atom stereocenters. The van der Waals surface area contributed by atoms with E-state index in [1.165, 1.54) is 0 Å². The van der Waals surface area contributed by atoms with Gasteiger partial charge in [0.25, 0.3) is 0 Å². The van der Waals surface area contributed by atoms with Gasteiger partial charge in [0, 0.05) is 19.1 Å². The highest BCUT2D eigenvalue weighted by Gasteiger charge is 2.17. The van der Waals surface area contributed by atoms with E-state index in [-0.39, 0.29) is 11.9 Å². The number of hydrogen-bond donors (Lipinski definition) is 1. The molecule has 0 aromatic rings. The molecule has 0 saturated heterocycles. The van der Waals surface area contributed by atoms with Crippen LogP contribution in [0.15, 0.2) is 0 Å². The molecule has 0 aromatic carbocycles. The van der Waals surface area contributed by atoms with Gasteiger partial charge in [-0.1, -0.05) is 0 Å². The summed E-state index contributed by atoms with van der Waals surface area (Å²) in [6.07, 6.45) is 0. The van der Waals surface area contributed by atoms with Crippen LogP contribution in [0.4, 0.5) is 0 Å². The van der Waals surface area contributed by atoms with Crippen LogP contribution in [-0.2, 0) is 4.79 Å². The van der Waals surface area contributed by atoms with Gasteiger partial charge in [-0.2, -0.15) is 0 Å². The van der Waals surface area contributed by atoms with Crippen molar-refractivity contribution in [1.82, 2.24) is 15.1 Å². The molecule has 84 valence electrons. The highest BCUT2D eigenvalue weighted by molar-refractivity contribution is 5.78. The van der Waals surface area contributed by atoms with E-state index < -0.39 is 0 Å². The highest BCUT2D eigenvalue weighted by atomic mass is 16.2. The summed E-state index contributed by atoms with van der Waals surface area (Å²) in [5, 5.41) is 2.89. The van der Waals surface area contributed by atoms with Gasteiger partial charge in [-0.25, -0.2) is 0 Å². The van der Waals surface area contributed by atoms with Crippen molar-refractivity contribution < 1.29 is 4.79 Å². The van der Waals surface area contributed by atoms with Gasteiger partial charge in [0.2, 0.25) is 5.91 Å². The summed E-state index contributed by atoms with van der Waals surface area (Å²) in [4.78, 5) is 15.6. The summed E-state index contributed by atoms with van der Waals surface area (Å²) >= 11 is 0. The van der Waals surface area contributed by atoms with E-state index in [0.29, 0.717) is 6.54 Å². The Morgan fingerprint density at radius 3 is 2.36 bits per heavy atom. The Kier molecular flexibility index (Phi) is 6.49. The first-order chi connectivity index (χ1) is 6.52. The predicted molar refractivity (Wildman–Crippen MR) is 59.3 cm³/mol. The summed E-state index contributed by atoms with van der Waals surface area (Å²) < 4.78 is 0. The van der Waals surface area contributed by atoms with Crippen molar-refractivity contribution in [3.63, 3.8) is 0 Å². The lowest BCUT2D eigenvalue weighted by molar-refractivity contribution is -0.132. The number of carbonyl (C=O) groups excluding carboxylic acids is 1. The largest absolute Gasteiger partial charge is 0.338 e. The fourth-order valence-electron chi connectivity index (χ4n) is 1.61. The first-order valence-corrected chi connectivity index (χ1v) is 5.11. The second kappa shape index (κ2) is 6.79. The summed E-state index contributed by atoms with van der Waals surface area (Å²) in [5.41, 5.74) is 0. The third kappa shape index (κ3) is 4.58. The van der Waals surface area contributed by atoms with Crippen molar-refractivity contribution in [2.24, 2.45) is 0 Å². The zero-order valence-corrected chi connectivity index (χ0v) is 10.0. The van der Waals surface area contributed by atoms with Gasteiger partial charge in [0.15, 0.2) is 0 Å². The molecule has 0 aromatic heterocycles. The molecule has 1 atom stereocenters. The summed E-state index contributed by atoms with van der Waals surface area (Å²) in [6.45, 7) is 6.20. The lowest BCUT2D eigenvalue weighted by Crippen LogP contribution is -2.46. The van der Waals surface area contributed by atoms with Crippen LogP contribution in [0.5, 0.6) is 0 Å². The average molecular weight is 201 g/mol. The van der Waals surface area contributed by atoms with Crippen LogP contribution in [0.25, 0.3) is 0 Å². The maximum Gasteiger partial charge on any atom is 0.236 e. The minimum atomic E-state index is 0.171. The van der Waals surface area contributed by atoms with Gasteiger partial charge in [0.1, 0.15) is 0 Å². The second-order valence-electron chi connectivity index (χ2n) is 3.82. The normalized spacial score (nSPS) is 13.0. The number of rotatable bonds is 6. The number of likely N-dealkylation sites (N-methyl/N-ethyl adjacent to an activating group) is 3. The van der Waals surface area contributed by atoms with E-state index in [0.717, 1.165) is 13.1 Å². The van der Waals surface area contributed by atoms with E-state index in [4.69, 9.17) is 0 Å². The number of amides is 1. The van der Waals surface area contributed by atoms with Crippen LogP contribution in [0.2, 0.25) is 0 Å². The topological polar surface area (TPSA) is 35.6 Å². The van der Waals surface area contributed by atoms with Gasteiger partial charge in [-0.15, -0.1) is 0 Å². The Labute approximate surface area is 87.3 Å². The van der Waals surface area contributed by atoms with E-state index in [1.54, 1.807) is 7.05 Å². The van der Waals surface area contributed by atoms with Crippen LogP contribution < -0.4 is 5.32 Å². The molecule has 0 rings (SSSR count). The number of nitrogens with one attached hydrogen (secondary N) is 1. The Bertz CT molecular complexity index is 171. The summed E-state index contributed by atoms with van der Waals surface area (Å²) in [7, 11) is 5.84. The number of carbonyl (C=O) groups is 1. The summed E-state index contributed by atoms with van der Waals surface area (Å²) in [5.74, 6) is 0.171. The zero-order valence-electron chi connectivity index (χ0n) is 10.0. The lowest BCUT2D eigenvalue weighted by atomic mass is 10.2. The Morgan fingerprint density at radius 1 is 1.43 bits per heavy atom. The molecule has 0 aliphatic rings. The Hall–Kier alpha value is -0.610. The standard InChI is InChI=1S/C10H23N3O/c1-6-13(10(14)7-11-3)9(2)8-12(4)5/h9,11H,6-8H2,1-5H3. The van der Waals surface area contributed by atoms with Crippen LogP contribution >= 0.6 is 0 Å². The minimum Gasteiger partial charge on any atom is -0.338 e. The van der Waals surface area contributed by atoms with E-state index >= 15 is 0 Å². The van der Waals surface area contributed by atoms with Crippen molar-refractivity contribution in [1.29, 1.82) is 0 Å². The Balaban J connectivity index is 4.17. The van der Waals surface area contributed by atoms with Gasteiger partial charge in [-0.05, 0) is 35.0 Å². The van der Waals surface area contributed by atoms with E-state index in [2.05, 4.69) is 17.1 Å². The van der Waals surface area contributed by atoms with Crippen molar-refractivity contribution in [3.8, 4) is 0 Å². The molecule has 0 fully saturated rings. The molecule has 0 bridgehead atoms. The lowest BCUT2D eigenvalue weighted by Gasteiger charge is -2.30. The zero-order chi connectivity index (χ0) is 11.1. The first-order valence-electron chi connectivity index (χ1n) is 5.11. The second-order valence-corrected chi connectivity index (χ2v) is 3.82. The van der Waals surface area contributed by atoms with Gasteiger partial charge in [0.05, 0.1) is 6.54 Å². The molecule has 4 nitrogen and oxygen atoms in total. The SMILES string of the molecule is CCN(C(=O)CNC)C(C)CN(C)C. The van der Waals surface area contributed by atoms with Crippen molar-refractivity contribution in [3.05, 3.63) is 0 Å². The van der Waals surface area contributed by atoms with Crippen LogP contribution in [0, 0.1) is 0 Å². The maximum absolute atomic E-state index is 11.6. The molecule has 0 radical (unpaired) electrons. The fourth-order valence-corrected chi connectivity index (χ4v) is 1.61. The fraction of sp³-hybridized carbons (Fsp3) is 0.900. The number of nitrogens with zero attached hydrogens (tertiary/aromatic N) is 2. The first kappa shape index (κ1) is 13.4. The van der Waals surface area contributed by atoms with Crippen molar-refractivity contribution in [2.75, 3.05) is 40.8 Å². The molecule has 4 heteroatoms. The molecule has 0 aliphatic carbocycles. The molecule has 1 N–H and O–H groups in total. The molecule has 0 spiro atoms. The van der Waals surface area contributed by atoms with Crippen molar-refractivity contribution in [2.45, 2.75) is 19.9 Å². The quantitative estimate of drug-likeness (QED) is 0.657. The van der Waals surface area contributed by atoms with Crippen LogP contribution in [-0.4, -0.2) is 62.5 Å². The third-order valence-electron chi connectivity index (χ3n) is 2.15. The maximum atomic E-state index is 11.6. The molecule has 0 aliphatic heterocycles. The van der Waals surface area contributed by atoms with Gasteiger partial charge in [-0.3, -0.25) is 4.79 Å². The minimum absolute atomic E-state index is 0.171. The number of hydrogen-bond acceptors (Lipinski definition) is 3. The van der Waals surface area contributed by atoms with Crippen LogP contribution in [0.1, 0.15) is 13.8 Å². The molecule has 1 amide bonds. The van der Waals surface area contributed by atoms with E-state index in [9.17, 15) is 4.79 Å². The molecule has 14 heavy (non-hydrogen) atoms. The smallest absolute Gasteiger partial charge is 0.236 e. The third-order valence-corrected chi connectivity index (χ3v) is 2.15. The summed E-state index contributed by atoms with van der Waals surface area (Å²) in [6, 6.07) is 0.274. The average Bonchev–Trinajstić information content (AvgIpc) is 2.04. The van der Waals surface area contributed by atoms with E-state index in [1.807, 2.05) is 25.9 Å². The molecule has 0 saturated carbocycles. The highest BCUT2D eigenvalue weighted by Crippen LogP contribution is 2.00. The van der Waals surface area contributed by atoms with Gasteiger partial charge >= 0.3 is 0 Å². The van der Waals surface area contributed by atoms with Crippen molar-refractivity contribution >= 4 is 5.91 Å². The molecule has 0 heterocycles.